The monoisotopic (exact) mass is 443 g/mol. The van der Waals surface area contributed by atoms with Crippen molar-refractivity contribution in [3.63, 3.8) is 0 Å². The second-order valence-corrected chi connectivity index (χ2v) is 9.11. The van der Waals surface area contributed by atoms with Crippen molar-refractivity contribution in [1.29, 1.82) is 0 Å². The summed E-state index contributed by atoms with van der Waals surface area (Å²) >= 11 is 5.69. The summed E-state index contributed by atoms with van der Waals surface area (Å²) in [6, 6.07) is 7.74. The molecule has 6 nitrogen and oxygen atoms in total. The van der Waals surface area contributed by atoms with E-state index in [9.17, 15) is 22.0 Å². The second kappa shape index (κ2) is 8.74. The fraction of sp³-hybridized carbons (Fsp3) is 0.316. The molecule has 0 atom stereocenters. The normalized spacial score (nSPS) is 16.0. The zero-order chi connectivity index (χ0) is 21.2. The number of hydrogen-bond donors (Lipinski definition) is 1. The average Bonchev–Trinajstić information content (AvgIpc) is 2.67. The summed E-state index contributed by atoms with van der Waals surface area (Å²) in [7, 11) is -3.80. The molecule has 0 aromatic heterocycles. The predicted octanol–water partition coefficient (Wildman–Crippen LogP) is 2.87. The average molecular weight is 444 g/mol. The SMILES string of the molecule is Cc1ccc(NC(=O)CN2CCN(S(=O)(=O)c3ccc(F)c(Cl)c3)CC2)cc1F. The van der Waals surface area contributed by atoms with Gasteiger partial charge in [-0.25, -0.2) is 17.2 Å². The maximum atomic E-state index is 13.6. The van der Waals surface area contributed by atoms with E-state index in [1.165, 1.54) is 16.4 Å². The molecule has 0 radical (unpaired) electrons. The summed E-state index contributed by atoms with van der Waals surface area (Å²) in [6.07, 6.45) is 0. The minimum absolute atomic E-state index is 0.0613. The molecule has 1 amide bonds. The smallest absolute Gasteiger partial charge is 0.243 e. The molecule has 1 fully saturated rings. The van der Waals surface area contributed by atoms with E-state index in [0.717, 1.165) is 12.1 Å². The van der Waals surface area contributed by atoms with Gasteiger partial charge in [-0.1, -0.05) is 17.7 Å². The van der Waals surface area contributed by atoms with Crippen LogP contribution >= 0.6 is 11.6 Å². The first-order valence-electron chi connectivity index (χ1n) is 8.90. The zero-order valence-corrected chi connectivity index (χ0v) is 17.2. The number of aryl methyl sites for hydroxylation is 1. The summed E-state index contributed by atoms with van der Waals surface area (Å²) in [4.78, 5) is 13.9. The Bertz CT molecular complexity index is 1030. The molecule has 0 unspecified atom stereocenters. The summed E-state index contributed by atoms with van der Waals surface area (Å²) < 4.78 is 53.5. The van der Waals surface area contributed by atoms with Crippen molar-refractivity contribution in [2.75, 3.05) is 38.0 Å². The third-order valence-electron chi connectivity index (χ3n) is 4.68. The van der Waals surface area contributed by atoms with E-state index in [1.807, 2.05) is 4.90 Å². The van der Waals surface area contributed by atoms with Crippen molar-refractivity contribution in [2.45, 2.75) is 11.8 Å². The van der Waals surface area contributed by atoms with Gasteiger partial charge in [0.15, 0.2) is 0 Å². The molecule has 1 aliphatic rings. The van der Waals surface area contributed by atoms with Crippen molar-refractivity contribution in [1.82, 2.24) is 9.21 Å². The molecule has 1 saturated heterocycles. The van der Waals surface area contributed by atoms with Crippen molar-refractivity contribution in [3.05, 3.63) is 58.6 Å². The molecular formula is C19H20ClF2N3O3S. The fourth-order valence-electron chi connectivity index (χ4n) is 2.99. The third kappa shape index (κ3) is 5.11. The Balaban J connectivity index is 1.56. The number of amides is 1. The molecule has 1 N–H and O–H groups in total. The summed E-state index contributed by atoms with van der Waals surface area (Å²) in [5.41, 5.74) is 0.857. The van der Waals surface area contributed by atoms with Crippen LogP contribution in [-0.2, 0) is 14.8 Å². The van der Waals surface area contributed by atoms with Gasteiger partial charge in [-0.15, -0.1) is 0 Å². The Kier molecular flexibility index (Phi) is 6.52. The Morgan fingerprint density at radius 2 is 1.76 bits per heavy atom. The Morgan fingerprint density at radius 3 is 2.38 bits per heavy atom. The van der Waals surface area contributed by atoms with Crippen molar-refractivity contribution in [3.8, 4) is 0 Å². The van der Waals surface area contributed by atoms with E-state index < -0.39 is 21.7 Å². The van der Waals surface area contributed by atoms with Crippen LogP contribution in [0.15, 0.2) is 41.3 Å². The lowest BCUT2D eigenvalue weighted by molar-refractivity contribution is -0.117. The van der Waals surface area contributed by atoms with Crippen LogP contribution in [0.2, 0.25) is 5.02 Å². The number of nitrogens with one attached hydrogen (secondary N) is 1. The summed E-state index contributed by atoms with van der Waals surface area (Å²) in [5, 5.41) is 2.38. The van der Waals surface area contributed by atoms with Gasteiger partial charge >= 0.3 is 0 Å². The van der Waals surface area contributed by atoms with Crippen LogP contribution in [0.3, 0.4) is 0 Å². The number of carbonyl (C=O) groups is 1. The highest BCUT2D eigenvalue weighted by molar-refractivity contribution is 7.89. The van der Waals surface area contributed by atoms with E-state index in [2.05, 4.69) is 5.32 Å². The number of piperazine rings is 1. The summed E-state index contributed by atoms with van der Waals surface area (Å²) in [6.45, 7) is 2.77. The number of carbonyl (C=O) groups excluding carboxylic acids is 1. The highest BCUT2D eigenvalue weighted by Crippen LogP contribution is 2.23. The minimum atomic E-state index is -3.80. The standard InChI is InChI=1S/C19H20ClF2N3O3S/c1-13-2-3-14(10-18(13)22)23-19(26)12-24-6-8-25(9-7-24)29(27,28)15-4-5-17(21)16(20)11-15/h2-5,10-11H,6-9,12H2,1H3,(H,23,26). The van der Waals surface area contributed by atoms with E-state index in [4.69, 9.17) is 11.6 Å². The molecule has 10 heteroatoms. The number of anilines is 1. The molecule has 2 aromatic carbocycles. The molecule has 0 bridgehead atoms. The lowest BCUT2D eigenvalue weighted by Gasteiger charge is -2.33. The topological polar surface area (TPSA) is 69.7 Å². The van der Waals surface area contributed by atoms with E-state index in [-0.39, 0.29) is 35.5 Å². The molecule has 0 aliphatic carbocycles. The molecule has 156 valence electrons. The Labute approximate surface area is 173 Å². The van der Waals surface area contributed by atoms with Crippen molar-refractivity contribution < 1.29 is 22.0 Å². The molecule has 1 aliphatic heterocycles. The van der Waals surface area contributed by atoms with Gasteiger partial charge in [0.1, 0.15) is 11.6 Å². The van der Waals surface area contributed by atoms with Crippen molar-refractivity contribution in [2.24, 2.45) is 0 Å². The van der Waals surface area contributed by atoms with Crippen LogP contribution in [0.4, 0.5) is 14.5 Å². The van der Waals surface area contributed by atoms with Gasteiger partial charge in [0, 0.05) is 31.9 Å². The first-order valence-corrected chi connectivity index (χ1v) is 10.7. The van der Waals surface area contributed by atoms with E-state index in [0.29, 0.717) is 24.3 Å². The molecule has 0 spiro atoms. The molecule has 2 aromatic rings. The minimum Gasteiger partial charge on any atom is -0.325 e. The van der Waals surface area contributed by atoms with E-state index >= 15 is 0 Å². The van der Waals surface area contributed by atoms with Gasteiger partial charge in [-0.05, 0) is 42.8 Å². The molecule has 0 saturated carbocycles. The van der Waals surface area contributed by atoms with Gasteiger partial charge in [-0.2, -0.15) is 4.31 Å². The van der Waals surface area contributed by atoms with Gasteiger partial charge < -0.3 is 5.32 Å². The second-order valence-electron chi connectivity index (χ2n) is 6.77. The summed E-state index contributed by atoms with van der Waals surface area (Å²) in [5.74, 6) is -1.40. The maximum Gasteiger partial charge on any atom is 0.243 e. The first-order chi connectivity index (χ1) is 13.7. The number of hydrogen-bond acceptors (Lipinski definition) is 4. The number of benzene rings is 2. The number of sulfonamides is 1. The van der Waals surface area contributed by atoms with Crippen LogP contribution in [0.25, 0.3) is 0 Å². The van der Waals surface area contributed by atoms with Crippen LogP contribution in [-0.4, -0.2) is 56.3 Å². The number of nitrogens with zero attached hydrogens (tertiary/aromatic N) is 2. The molecule has 29 heavy (non-hydrogen) atoms. The van der Waals surface area contributed by atoms with Crippen LogP contribution in [0.5, 0.6) is 0 Å². The Hall–Kier alpha value is -2.07. The predicted molar refractivity (Wildman–Crippen MR) is 106 cm³/mol. The van der Waals surface area contributed by atoms with Gasteiger partial charge in [0.05, 0.1) is 16.5 Å². The molecule has 3 rings (SSSR count). The lowest BCUT2D eigenvalue weighted by atomic mass is 10.2. The maximum absolute atomic E-state index is 13.6. The zero-order valence-electron chi connectivity index (χ0n) is 15.7. The number of rotatable bonds is 5. The Morgan fingerprint density at radius 1 is 1.07 bits per heavy atom. The van der Waals surface area contributed by atoms with Gasteiger partial charge in [-0.3, -0.25) is 9.69 Å². The lowest BCUT2D eigenvalue weighted by Crippen LogP contribution is -2.50. The molecule has 1 heterocycles. The quantitative estimate of drug-likeness (QED) is 0.771. The van der Waals surface area contributed by atoms with Gasteiger partial charge in [0.2, 0.25) is 15.9 Å². The highest BCUT2D eigenvalue weighted by Gasteiger charge is 2.29. The fourth-order valence-corrected chi connectivity index (χ4v) is 4.68. The highest BCUT2D eigenvalue weighted by atomic mass is 35.5. The number of halogens is 3. The van der Waals surface area contributed by atoms with Crippen LogP contribution in [0.1, 0.15) is 5.56 Å². The first kappa shape index (κ1) is 21.6. The molecular weight excluding hydrogens is 424 g/mol. The van der Waals surface area contributed by atoms with Crippen molar-refractivity contribution >= 4 is 33.2 Å². The largest absolute Gasteiger partial charge is 0.325 e. The van der Waals surface area contributed by atoms with Gasteiger partial charge in [0.25, 0.3) is 0 Å². The van der Waals surface area contributed by atoms with Crippen LogP contribution < -0.4 is 5.32 Å². The third-order valence-corrected chi connectivity index (χ3v) is 6.87. The van der Waals surface area contributed by atoms with Crippen LogP contribution in [0, 0.1) is 18.6 Å². The van der Waals surface area contributed by atoms with E-state index in [1.54, 1.807) is 19.1 Å².